The third-order valence-electron chi connectivity index (χ3n) is 2.57. The van der Waals surface area contributed by atoms with Gasteiger partial charge in [0.05, 0.1) is 6.54 Å². The van der Waals surface area contributed by atoms with Gasteiger partial charge < -0.3 is 10.1 Å². The lowest BCUT2D eigenvalue weighted by Gasteiger charge is -2.07. The van der Waals surface area contributed by atoms with E-state index in [1.807, 2.05) is 0 Å². The van der Waals surface area contributed by atoms with Gasteiger partial charge in [0.1, 0.15) is 4.21 Å². The van der Waals surface area contributed by atoms with Crippen LogP contribution in [0, 0.1) is 5.82 Å². The van der Waals surface area contributed by atoms with Crippen molar-refractivity contribution >= 4 is 27.3 Å². The first-order valence-corrected chi connectivity index (χ1v) is 8.48. The normalized spacial score (nSPS) is 11.2. The fraction of sp³-hybridized carbons (Fsp3) is 0.154. The van der Waals surface area contributed by atoms with E-state index in [1.165, 1.54) is 24.3 Å². The van der Waals surface area contributed by atoms with Crippen molar-refractivity contribution in [3.8, 4) is 5.75 Å². The lowest BCUT2D eigenvalue weighted by Crippen LogP contribution is -2.28. The van der Waals surface area contributed by atoms with Crippen LogP contribution in [0.3, 0.4) is 0 Å². The molecule has 0 bridgehead atoms. The Labute approximate surface area is 130 Å². The Balaban J connectivity index is 1.83. The Morgan fingerprint density at radius 3 is 2.64 bits per heavy atom. The van der Waals surface area contributed by atoms with E-state index < -0.39 is 21.7 Å². The van der Waals surface area contributed by atoms with Gasteiger partial charge in [-0.25, -0.2) is 17.9 Å². The lowest BCUT2D eigenvalue weighted by molar-refractivity contribution is -0.123. The molecule has 1 aromatic heterocycles. The first-order valence-electron chi connectivity index (χ1n) is 6.12. The molecule has 0 aliphatic carbocycles. The second kappa shape index (κ2) is 6.86. The van der Waals surface area contributed by atoms with Crippen molar-refractivity contribution in [2.45, 2.75) is 10.8 Å². The average molecular weight is 344 g/mol. The molecule has 0 unspecified atom stereocenters. The molecule has 0 aliphatic rings. The summed E-state index contributed by atoms with van der Waals surface area (Å²) in [6, 6.07) is 8.69. The topological polar surface area (TPSA) is 98.5 Å². The highest BCUT2D eigenvalue weighted by Crippen LogP contribution is 2.20. The van der Waals surface area contributed by atoms with Gasteiger partial charge in [0.25, 0.3) is 5.91 Å². The molecule has 1 heterocycles. The zero-order chi connectivity index (χ0) is 16.2. The summed E-state index contributed by atoms with van der Waals surface area (Å²) in [5.41, 5.74) is 0. The number of carbonyl (C=O) groups is 1. The van der Waals surface area contributed by atoms with Crippen LogP contribution in [0.25, 0.3) is 0 Å². The zero-order valence-corrected chi connectivity index (χ0v) is 12.9. The minimum atomic E-state index is -3.73. The van der Waals surface area contributed by atoms with Crippen LogP contribution in [0.1, 0.15) is 4.88 Å². The lowest BCUT2D eigenvalue weighted by atomic mass is 10.3. The molecule has 118 valence electrons. The summed E-state index contributed by atoms with van der Waals surface area (Å²) in [6.45, 7) is -0.200. The van der Waals surface area contributed by atoms with Crippen molar-refractivity contribution in [3.05, 3.63) is 47.1 Å². The summed E-state index contributed by atoms with van der Waals surface area (Å²) in [6.07, 6.45) is 0. The summed E-state index contributed by atoms with van der Waals surface area (Å²) in [7, 11) is -3.73. The quantitative estimate of drug-likeness (QED) is 0.823. The van der Waals surface area contributed by atoms with Gasteiger partial charge in [0.15, 0.2) is 18.2 Å². The Morgan fingerprint density at radius 1 is 1.27 bits per heavy atom. The van der Waals surface area contributed by atoms with Gasteiger partial charge in [-0.1, -0.05) is 12.1 Å². The number of nitrogens with two attached hydrogens (primary N) is 1. The smallest absolute Gasteiger partial charge is 0.258 e. The minimum absolute atomic E-state index is 0.00900. The van der Waals surface area contributed by atoms with E-state index in [1.54, 1.807) is 12.1 Å². The Bertz CT molecular complexity index is 774. The number of rotatable bonds is 6. The summed E-state index contributed by atoms with van der Waals surface area (Å²) in [4.78, 5) is 12.2. The molecular formula is C13H13FN2O4S2. The van der Waals surface area contributed by atoms with Crippen LogP contribution >= 0.6 is 11.3 Å². The van der Waals surface area contributed by atoms with Gasteiger partial charge in [-0.3, -0.25) is 4.79 Å². The molecule has 0 saturated heterocycles. The van der Waals surface area contributed by atoms with E-state index >= 15 is 0 Å². The molecule has 0 saturated carbocycles. The van der Waals surface area contributed by atoms with Crippen molar-refractivity contribution in [2.24, 2.45) is 5.14 Å². The molecule has 1 aromatic carbocycles. The van der Waals surface area contributed by atoms with Crippen LogP contribution < -0.4 is 15.2 Å². The number of carbonyl (C=O) groups excluding carboxylic acids is 1. The van der Waals surface area contributed by atoms with E-state index in [0.29, 0.717) is 4.88 Å². The molecule has 2 rings (SSSR count). The number of para-hydroxylation sites is 1. The van der Waals surface area contributed by atoms with E-state index in [4.69, 9.17) is 9.88 Å². The molecule has 1 amide bonds. The minimum Gasteiger partial charge on any atom is -0.481 e. The second-order valence-electron chi connectivity index (χ2n) is 4.26. The Morgan fingerprint density at radius 2 is 2.00 bits per heavy atom. The van der Waals surface area contributed by atoms with E-state index in [2.05, 4.69) is 5.32 Å². The number of halogens is 1. The van der Waals surface area contributed by atoms with Crippen molar-refractivity contribution < 1.29 is 22.3 Å². The van der Waals surface area contributed by atoms with Crippen LogP contribution in [0.2, 0.25) is 0 Å². The van der Waals surface area contributed by atoms with Crippen LogP contribution in [0.15, 0.2) is 40.6 Å². The summed E-state index contributed by atoms with van der Waals surface area (Å²) >= 11 is 0.970. The first kappa shape index (κ1) is 16.4. The molecule has 2 aromatic rings. The number of thiophene rings is 1. The molecule has 0 spiro atoms. The highest BCUT2D eigenvalue weighted by Gasteiger charge is 2.12. The first-order chi connectivity index (χ1) is 10.4. The molecule has 9 heteroatoms. The Kier molecular flexibility index (Phi) is 5.11. The number of nitrogens with one attached hydrogen (secondary N) is 1. The van der Waals surface area contributed by atoms with Gasteiger partial charge in [0.2, 0.25) is 10.0 Å². The highest BCUT2D eigenvalue weighted by molar-refractivity contribution is 7.91. The molecule has 0 aliphatic heterocycles. The monoisotopic (exact) mass is 344 g/mol. The third kappa shape index (κ3) is 4.52. The predicted octanol–water partition coefficient (Wildman–Crippen LogP) is 1.23. The van der Waals surface area contributed by atoms with Gasteiger partial charge >= 0.3 is 0 Å². The predicted molar refractivity (Wildman–Crippen MR) is 79.4 cm³/mol. The van der Waals surface area contributed by atoms with Crippen LogP contribution in [0.4, 0.5) is 4.39 Å². The SMILES string of the molecule is NS(=O)(=O)c1ccc(CNC(=O)COc2ccccc2F)s1. The van der Waals surface area contributed by atoms with E-state index in [-0.39, 0.29) is 23.1 Å². The van der Waals surface area contributed by atoms with Crippen LogP contribution in [0.5, 0.6) is 5.75 Å². The molecular weight excluding hydrogens is 331 g/mol. The fourth-order valence-corrected chi connectivity index (χ4v) is 3.27. The highest BCUT2D eigenvalue weighted by atomic mass is 32.2. The maximum atomic E-state index is 13.3. The van der Waals surface area contributed by atoms with Gasteiger partial charge in [-0.15, -0.1) is 11.3 Å². The number of ether oxygens (including phenoxy) is 1. The molecule has 0 fully saturated rings. The van der Waals surface area contributed by atoms with Crippen molar-refractivity contribution in [1.82, 2.24) is 5.32 Å². The maximum Gasteiger partial charge on any atom is 0.258 e. The number of sulfonamides is 1. The number of hydrogen-bond acceptors (Lipinski definition) is 5. The van der Waals surface area contributed by atoms with Crippen LogP contribution in [-0.4, -0.2) is 20.9 Å². The molecule has 0 radical (unpaired) electrons. The molecule has 6 nitrogen and oxygen atoms in total. The summed E-state index contributed by atoms with van der Waals surface area (Å²) in [5.74, 6) is -1.01. The third-order valence-corrected chi connectivity index (χ3v) is 5.10. The molecule has 3 N–H and O–H groups in total. The number of amides is 1. The van der Waals surface area contributed by atoms with Crippen molar-refractivity contribution in [2.75, 3.05) is 6.61 Å². The fourth-order valence-electron chi connectivity index (χ4n) is 1.55. The summed E-state index contributed by atoms with van der Waals surface area (Å²) in [5, 5.41) is 7.53. The Hall–Kier alpha value is -1.97. The van der Waals surface area contributed by atoms with Gasteiger partial charge in [0, 0.05) is 4.88 Å². The number of primary sulfonamides is 1. The van der Waals surface area contributed by atoms with Gasteiger partial charge in [-0.05, 0) is 24.3 Å². The maximum absolute atomic E-state index is 13.3. The van der Waals surface area contributed by atoms with Gasteiger partial charge in [-0.2, -0.15) is 0 Å². The van der Waals surface area contributed by atoms with E-state index in [0.717, 1.165) is 11.3 Å². The number of benzene rings is 1. The van der Waals surface area contributed by atoms with E-state index in [9.17, 15) is 17.6 Å². The van der Waals surface area contributed by atoms with Crippen molar-refractivity contribution in [1.29, 1.82) is 0 Å². The zero-order valence-electron chi connectivity index (χ0n) is 11.3. The number of hydrogen-bond donors (Lipinski definition) is 2. The largest absolute Gasteiger partial charge is 0.481 e. The van der Waals surface area contributed by atoms with Crippen molar-refractivity contribution in [3.63, 3.8) is 0 Å². The standard InChI is InChI=1S/C13H13FN2O4S2/c14-10-3-1-2-4-11(10)20-8-12(17)16-7-9-5-6-13(21-9)22(15,18)19/h1-6H,7-8H2,(H,16,17)(H2,15,18,19). The molecule has 0 atom stereocenters. The molecule has 22 heavy (non-hydrogen) atoms. The summed E-state index contributed by atoms with van der Waals surface area (Å²) < 4.78 is 40.6. The second-order valence-corrected chi connectivity index (χ2v) is 7.22. The van der Waals surface area contributed by atoms with Crippen LogP contribution in [-0.2, 0) is 21.4 Å². The average Bonchev–Trinajstić information content (AvgIpc) is 2.93.